The number of fused-ring (bicyclic) bond motifs is 1. The number of para-hydroxylation sites is 1. The zero-order chi connectivity index (χ0) is 11.7. The Labute approximate surface area is 96.9 Å². The van der Waals surface area contributed by atoms with E-state index in [1.54, 1.807) is 0 Å². The van der Waals surface area contributed by atoms with Gasteiger partial charge in [-0.15, -0.1) is 0 Å². The Balaban J connectivity index is 2.68. The lowest BCUT2D eigenvalue weighted by molar-refractivity contribution is 0.872. The molecule has 2 nitrogen and oxygen atoms in total. The molecule has 1 aromatic heterocycles. The van der Waals surface area contributed by atoms with Gasteiger partial charge in [-0.25, -0.2) is 4.98 Å². The van der Waals surface area contributed by atoms with Gasteiger partial charge in [0.15, 0.2) is 0 Å². The van der Waals surface area contributed by atoms with Gasteiger partial charge < -0.3 is 4.90 Å². The van der Waals surface area contributed by atoms with Gasteiger partial charge in [0.1, 0.15) is 5.82 Å². The number of pyridine rings is 1. The van der Waals surface area contributed by atoms with Crippen molar-refractivity contribution in [1.29, 1.82) is 0 Å². The Hall–Kier alpha value is -1.57. The van der Waals surface area contributed by atoms with Crippen LogP contribution in [0.25, 0.3) is 10.9 Å². The summed E-state index contributed by atoms with van der Waals surface area (Å²) in [6.45, 7) is 4.41. The van der Waals surface area contributed by atoms with Crippen molar-refractivity contribution < 1.29 is 0 Å². The predicted molar refractivity (Wildman–Crippen MR) is 70.2 cm³/mol. The average molecular weight is 214 g/mol. The van der Waals surface area contributed by atoms with Gasteiger partial charge in [0.2, 0.25) is 0 Å². The normalized spacial score (nSPS) is 11.1. The fourth-order valence-corrected chi connectivity index (χ4v) is 1.87. The van der Waals surface area contributed by atoms with Crippen LogP contribution in [0, 0.1) is 0 Å². The van der Waals surface area contributed by atoms with Gasteiger partial charge in [-0.3, -0.25) is 0 Å². The Bertz CT molecular complexity index is 501. The maximum atomic E-state index is 4.72. The summed E-state index contributed by atoms with van der Waals surface area (Å²) in [6.07, 6.45) is 0. The molecule has 2 rings (SSSR count). The molecule has 0 bridgehead atoms. The van der Waals surface area contributed by atoms with Crippen molar-refractivity contribution in [3.63, 3.8) is 0 Å². The van der Waals surface area contributed by atoms with Gasteiger partial charge in [0, 0.05) is 19.5 Å². The largest absolute Gasteiger partial charge is 0.363 e. The molecule has 0 radical (unpaired) electrons. The predicted octanol–water partition coefficient (Wildman–Crippen LogP) is 3.42. The van der Waals surface area contributed by atoms with Crippen LogP contribution in [-0.4, -0.2) is 19.1 Å². The molecule has 2 heteroatoms. The first-order valence-electron chi connectivity index (χ1n) is 5.66. The number of rotatable bonds is 2. The van der Waals surface area contributed by atoms with Crippen LogP contribution in [0.3, 0.4) is 0 Å². The fourth-order valence-electron chi connectivity index (χ4n) is 1.87. The lowest BCUT2D eigenvalue weighted by Crippen LogP contribution is -2.10. The first kappa shape index (κ1) is 10.9. The molecule has 0 saturated heterocycles. The number of hydrogen-bond donors (Lipinski definition) is 0. The Morgan fingerprint density at radius 2 is 1.81 bits per heavy atom. The third-order valence-electron chi connectivity index (χ3n) is 2.82. The van der Waals surface area contributed by atoms with Gasteiger partial charge in [-0.2, -0.15) is 0 Å². The molecule has 1 heterocycles. The van der Waals surface area contributed by atoms with E-state index >= 15 is 0 Å². The fraction of sp³-hybridized carbons (Fsp3) is 0.357. The summed E-state index contributed by atoms with van der Waals surface area (Å²) in [6, 6.07) is 10.6. The molecule has 84 valence electrons. The van der Waals surface area contributed by atoms with Crippen LogP contribution < -0.4 is 4.90 Å². The highest BCUT2D eigenvalue weighted by atomic mass is 15.1. The zero-order valence-corrected chi connectivity index (χ0v) is 10.4. The van der Waals surface area contributed by atoms with Gasteiger partial charge in [0.05, 0.1) is 5.52 Å². The minimum Gasteiger partial charge on any atom is -0.363 e. The maximum Gasteiger partial charge on any atom is 0.128 e. The number of benzene rings is 1. The second-order valence-electron chi connectivity index (χ2n) is 4.64. The maximum absolute atomic E-state index is 4.72. The van der Waals surface area contributed by atoms with Crippen molar-refractivity contribution in [2.75, 3.05) is 19.0 Å². The van der Waals surface area contributed by atoms with E-state index in [4.69, 9.17) is 4.98 Å². The Morgan fingerprint density at radius 1 is 1.06 bits per heavy atom. The van der Waals surface area contributed by atoms with E-state index in [1.165, 1.54) is 10.9 Å². The molecule has 2 aromatic rings. The summed E-state index contributed by atoms with van der Waals surface area (Å²) in [5.74, 6) is 1.52. The van der Waals surface area contributed by atoms with Crippen LogP contribution in [0.4, 0.5) is 5.82 Å². The number of hydrogen-bond acceptors (Lipinski definition) is 2. The van der Waals surface area contributed by atoms with Crippen LogP contribution >= 0.6 is 0 Å². The Kier molecular flexibility index (Phi) is 2.82. The highest BCUT2D eigenvalue weighted by Crippen LogP contribution is 2.25. The molecule has 0 unspecified atom stereocenters. The smallest absolute Gasteiger partial charge is 0.128 e. The molecular weight excluding hydrogens is 196 g/mol. The van der Waals surface area contributed by atoms with E-state index in [9.17, 15) is 0 Å². The van der Waals surface area contributed by atoms with Crippen LogP contribution in [0.15, 0.2) is 30.3 Å². The van der Waals surface area contributed by atoms with Crippen LogP contribution in [0.5, 0.6) is 0 Å². The summed E-state index contributed by atoms with van der Waals surface area (Å²) in [4.78, 5) is 6.76. The van der Waals surface area contributed by atoms with Crippen molar-refractivity contribution >= 4 is 16.7 Å². The van der Waals surface area contributed by atoms with E-state index < -0.39 is 0 Å². The molecule has 0 aliphatic carbocycles. The molecule has 1 aromatic carbocycles. The van der Waals surface area contributed by atoms with E-state index in [0.717, 1.165) is 11.3 Å². The number of anilines is 1. The molecule has 0 amide bonds. The summed E-state index contributed by atoms with van der Waals surface area (Å²) < 4.78 is 0. The topological polar surface area (TPSA) is 16.1 Å². The lowest BCUT2D eigenvalue weighted by Gasteiger charge is -2.14. The molecule has 0 aliphatic heterocycles. The zero-order valence-electron chi connectivity index (χ0n) is 10.4. The molecule has 0 aliphatic rings. The number of aromatic nitrogens is 1. The van der Waals surface area contributed by atoms with Crippen LogP contribution in [0.1, 0.15) is 25.3 Å². The molecule has 0 fully saturated rings. The molecule has 0 atom stereocenters. The van der Waals surface area contributed by atoms with Crippen molar-refractivity contribution in [2.24, 2.45) is 0 Å². The summed E-state index contributed by atoms with van der Waals surface area (Å²) in [5, 5.41) is 1.22. The van der Waals surface area contributed by atoms with Crippen molar-refractivity contribution in [2.45, 2.75) is 19.8 Å². The Morgan fingerprint density at radius 3 is 2.44 bits per heavy atom. The third-order valence-corrected chi connectivity index (χ3v) is 2.82. The van der Waals surface area contributed by atoms with Gasteiger partial charge in [-0.1, -0.05) is 32.0 Å². The van der Waals surface area contributed by atoms with Crippen molar-refractivity contribution in [3.05, 3.63) is 35.9 Å². The summed E-state index contributed by atoms with van der Waals surface area (Å²) in [7, 11) is 4.04. The van der Waals surface area contributed by atoms with Gasteiger partial charge in [0.25, 0.3) is 0 Å². The molecular formula is C14H18N2. The van der Waals surface area contributed by atoms with Crippen molar-refractivity contribution in [3.8, 4) is 0 Å². The highest BCUT2D eigenvalue weighted by molar-refractivity contribution is 5.83. The van der Waals surface area contributed by atoms with E-state index in [0.29, 0.717) is 5.92 Å². The van der Waals surface area contributed by atoms with Gasteiger partial charge >= 0.3 is 0 Å². The SMILES string of the molecule is CC(C)c1cccc2ccc(N(C)C)nc12. The molecule has 0 spiro atoms. The number of nitrogens with zero attached hydrogens (tertiary/aromatic N) is 2. The monoisotopic (exact) mass is 214 g/mol. The minimum atomic E-state index is 0.508. The van der Waals surface area contributed by atoms with E-state index in [-0.39, 0.29) is 0 Å². The second-order valence-corrected chi connectivity index (χ2v) is 4.64. The third kappa shape index (κ3) is 1.87. The first-order valence-corrected chi connectivity index (χ1v) is 5.66. The quantitative estimate of drug-likeness (QED) is 0.761. The minimum absolute atomic E-state index is 0.508. The second kappa shape index (κ2) is 4.12. The van der Waals surface area contributed by atoms with E-state index in [1.807, 2.05) is 19.0 Å². The van der Waals surface area contributed by atoms with Crippen molar-refractivity contribution in [1.82, 2.24) is 4.98 Å². The first-order chi connectivity index (χ1) is 7.59. The van der Waals surface area contributed by atoms with Crippen LogP contribution in [-0.2, 0) is 0 Å². The van der Waals surface area contributed by atoms with E-state index in [2.05, 4.69) is 44.2 Å². The average Bonchev–Trinajstić information content (AvgIpc) is 2.27. The van der Waals surface area contributed by atoms with Gasteiger partial charge in [-0.05, 0) is 23.6 Å². The highest BCUT2D eigenvalue weighted by Gasteiger charge is 2.07. The molecule has 0 N–H and O–H groups in total. The summed E-state index contributed by atoms with van der Waals surface area (Å²) >= 11 is 0. The summed E-state index contributed by atoms with van der Waals surface area (Å²) in [5.41, 5.74) is 2.45. The lowest BCUT2D eigenvalue weighted by atomic mass is 10.00. The van der Waals surface area contributed by atoms with Crippen LogP contribution in [0.2, 0.25) is 0 Å². The molecule has 16 heavy (non-hydrogen) atoms. The standard InChI is InChI=1S/C14H18N2/c1-10(2)12-7-5-6-11-8-9-13(16(3)4)15-14(11)12/h5-10H,1-4H3. The molecule has 0 saturated carbocycles.